The average Bonchev–Trinajstić information content (AvgIpc) is 3.27. The molecule has 25 heavy (non-hydrogen) atoms. The summed E-state index contributed by atoms with van der Waals surface area (Å²) in [5.74, 6) is 1.26. The number of H-pyrrole nitrogens is 1. The van der Waals surface area contributed by atoms with Crippen LogP contribution >= 0.6 is 11.3 Å². The molecule has 1 atom stereocenters. The molecule has 130 valence electrons. The second-order valence-corrected chi connectivity index (χ2v) is 7.29. The normalized spacial score (nSPS) is 17.4. The Balaban J connectivity index is 1.85. The molecule has 1 aliphatic rings. The molecular weight excluding hydrogens is 336 g/mol. The van der Waals surface area contributed by atoms with Crippen molar-refractivity contribution < 1.29 is 4.74 Å². The third kappa shape index (κ3) is 2.78. The molecule has 0 aromatic carbocycles. The summed E-state index contributed by atoms with van der Waals surface area (Å²) in [7, 11) is 1.60. The number of rotatable bonds is 4. The SMILES string of the molecule is CC[C@H]1CCN(c2sc(-c3ccc(OC)nc3)c3nc[nH]c(=O)c23)C1. The van der Waals surface area contributed by atoms with Crippen molar-refractivity contribution in [2.45, 2.75) is 19.8 Å². The first-order valence-corrected chi connectivity index (χ1v) is 9.28. The summed E-state index contributed by atoms with van der Waals surface area (Å²) in [5, 5.41) is 1.71. The van der Waals surface area contributed by atoms with Crippen molar-refractivity contribution in [3.63, 3.8) is 0 Å². The maximum atomic E-state index is 12.5. The third-order valence-electron chi connectivity index (χ3n) is 4.84. The van der Waals surface area contributed by atoms with Crippen LogP contribution in [0.1, 0.15) is 19.8 Å². The van der Waals surface area contributed by atoms with Gasteiger partial charge < -0.3 is 14.6 Å². The van der Waals surface area contributed by atoms with E-state index < -0.39 is 0 Å². The second kappa shape index (κ2) is 6.48. The zero-order chi connectivity index (χ0) is 17.4. The Hall–Kier alpha value is -2.41. The first-order valence-electron chi connectivity index (χ1n) is 8.46. The van der Waals surface area contributed by atoms with Gasteiger partial charge in [-0.15, -0.1) is 11.3 Å². The number of thiophene rings is 1. The molecule has 0 unspecified atom stereocenters. The molecule has 1 saturated heterocycles. The molecule has 1 aliphatic heterocycles. The van der Waals surface area contributed by atoms with Gasteiger partial charge in [-0.2, -0.15) is 0 Å². The zero-order valence-electron chi connectivity index (χ0n) is 14.3. The number of aromatic amines is 1. The highest BCUT2D eigenvalue weighted by Gasteiger charge is 2.27. The summed E-state index contributed by atoms with van der Waals surface area (Å²) in [6.45, 7) is 4.22. The largest absolute Gasteiger partial charge is 0.481 e. The van der Waals surface area contributed by atoms with Crippen LogP contribution in [-0.2, 0) is 0 Å². The van der Waals surface area contributed by atoms with Crippen LogP contribution < -0.4 is 15.2 Å². The lowest BCUT2D eigenvalue weighted by Crippen LogP contribution is -2.20. The van der Waals surface area contributed by atoms with E-state index in [2.05, 4.69) is 26.8 Å². The van der Waals surface area contributed by atoms with Crippen LogP contribution in [0.15, 0.2) is 29.5 Å². The number of aromatic nitrogens is 3. The molecule has 0 radical (unpaired) electrons. The van der Waals surface area contributed by atoms with Crippen LogP contribution in [0.2, 0.25) is 0 Å². The van der Waals surface area contributed by atoms with Gasteiger partial charge in [-0.25, -0.2) is 9.97 Å². The van der Waals surface area contributed by atoms with E-state index in [1.807, 2.05) is 12.1 Å². The zero-order valence-corrected chi connectivity index (χ0v) is 15.1. The van der Waals surface area contributed by atoms with Crippen LogP contribution in [0.5, 0.6) is 5.88 Å². The highest BCUT2D eigenvalue weighted by molar-refractivity contribution is 7.21. The molecule has 1 N–H and O–H groups in total. The number of nitrogens with one attached hydrogen (secondary N) is 1. The molecule has 0 aliphatic carbocycles. The van der Waals surface area contributed by atoms with Gasteiger partial charge in [0.15, 0.2) is 0 Å². The summed E-state index contributed by atoms with van der Waals surface area (Å²) in [5.41, 5.74) is 1.62. The molecule has 0 spiro atoms. The standard InChI is InChI=1S/C18H20N4O2S/c1-3-11-6-7-22(9-11)18-14-15(20-10-21-17(14)23)16(25-18)12-4-5-13(24-2)19-8-12/h4-5,8,10-11H,3,6-7,9H2,1-2H3,(H,20,21,23)/t11-/m0/s1. The quantitative estimate of drug-likeness (QED) is 0.777. The van der Waals surface area contributed by atoms with E-state index >= 15 is 0 Å². The molecule has 1 fully saturated rings. The number of fused-ring (bicyclic) bond motifs is 1. The van der Waals surface area contributed by atoms with Crippen molar-refractivity contribution >= 4 is 27.2 Å². The van der Waals surface area contributed by atoms with Crippen molar-refractivity contribution in [2.24, 2.45) is 5.92 Å². The highest BCUT2D eigenvalue weighted by atomic mass is 32.1. The number of methoxy groups -OCH3 is 1. The van der Waals surface area contributed by atoms with Gasteiger partial charge in [0.1, 0.15) is 10.4 Å². The van der Waals surface area contributed by atoms with Crippen LogP contribution in [-0.4, -0.2) is 35.2 Å². The molecule has 4 rings (SSSR count). The minimum Gasteiger partial charge on any atom is -0.481 e. The summed E-state index contributed by atoms with van der Waals surface area (Å²) in [6.07, 6.45) is 5.59. The lowest BCUT2D eigenvalue weighted by atomic mass is 10.1. The fourth-order valence-electron chi connectivity index (χ4n) is 3.37. The Morgan fingerprint density at radius 3 is 2.96 bits per heavy atom. The smallest absolute Gasteiger partial charge is 0.261 e. The fourth-order valence-corrected chi connectivity index (χ4v) is 4.64. The lowest BCUT2D eigenvalue weighted by Gasteiger charge is -2.16. The minimum absolute atomic E-state index is 0.0797. The van der Waals surface area contributed by atoms with Gasteiger partial charge >= 0.3 is 0 Å². The van der Waals surface area contributed by atoms with Gasteiger partial charge in [0.2, 0.25) is 5.88 Å². The Labute approximate surface area is 149 Å². The van der Waals surface area contributed by atoms with Crippen LogP contribution in [0.25, 0.3) is 21.3 Å². The number of hydrogen-bond acceptors (Lipinski definition) is 6. The number of anilines is 1. The van der Waals surface area contributed by atoms with Gasteiger partial charge in [-0.1, -0.05) is 13.3 Å². The number of hydrogen-bond donors (Lipinski definition) is 1. The Bertz CT molecular complexity index is 948. The second-order valence-electron chi connectivity index (χ2n) is 6.29. The third-order valence-corrected chi connectivity index (χ3v) is 6.13. The van der Waals surface area contributed by atoms with Crippen LogP contribution in [0.3, 0.4) is 0 Å². The topological polar surface area (TPSA) is 71.1 Å². The minimum atomic E-state index is -0.0797. The Kier molecular flexibility index (Phi) is 4.17. The van der Waals surface area contributed by atoms with E-state index in [0.717, 1.165) is 34.0 Å². The molecular formula is C18H20N4O2S. The van der Waals surface area contributed by atoms with Gasteiger partial charge in [0.25, 0.3) is 5.56 Å². The van der Waals surface area contributed by atoms with E-state index in [4.69, 9.17) is 4.74 Å². The molecule has 4 heterocycles. The average molecular weight is 356 g/mol. The van der Waals surface area contributed by atoms with Gasteiger partial charge in [0.05, 0.1) is 23.8 Å². The molecule has 3 aromatic heterocycles. The first-order chi connectivity index (χ1) is 12.2. The predicted octanol–water partition coefficient (Wildman–Crippen LogP) is 3.29. The van der Waals surface area contributed by atoms with Crippen LogP contribution in [0.4, 0.5) is 5.00 Å². The molecule has 0 amide bonds. The van der Waals surface area contributed by atoms with E-state index in [1.54, 1.807) is 24.6 Å². The van der Waals surface area contributed by atoms with Crippen molar-refractivity contribution in [3.05, 3.63) is 35.0 Å². The molecule has 0 bridgehead atoms. The van der Waals surface area contributed by atoms with Gasteiger partial charge in [-0.3, -0.25) is 4.79 Å². The molecule has 0 saturated carbocycles. The highest BCUT2D eigenvalue weighted by Crippen LogP contribution is 2.43. The van der Waals surface area contributed by atoms with Crippen molar-refractivity contribution in [2.75, 3.05) is 25.1 Å². The molecule has 6 nitrogen and oxygen atoms in total. The predicted molar refractivity (Wildman–Crippen MR) is 101 cm³/mol. The molecule has 7 heteroatoms. The van der Waals surface area contributed by atoms with E-state index in [1.165, 1.54) is 19.2 Å². The maximum Gasteiger partial charge on any atom is 0.261 e. The fraction of sp³-hybridized carbons (Fsp3) is 0.389. The van der Waals surface area contributed by atoms with Crippen molar-refractivity contribution in [1.82, 2.24) is 15.0 Å². The van der Waals surface area contributed by atoms with E-state index in [0.29, 0.717) is 17.2 Å². The number of nitrogens with zero attached hydrogens (tertiary/aromatic N) is 3. The Morgan fingerprint density at radius 2 is 2.28 bits per heavy atom. The summed E-state index contributed by atoms with van der Waals surface area (Å²) >= 11 is 1.63. The van der Waals surface area contributed by atoms with Crippen LogP contribution in [0, 0.1) is 5.92 Å². The van der Waals surface area contributed by atoms with E-state index in [9.17, 15) is 4.79 Å². The summed E-state index contributed by atoms with van der Waals surface area (Å²) < 4.78 is 5.14. The lowest BCUT2D eigenvalue weighted by molar-refractivity contribution is 0.398. The maximum absolute atomic E-state index is 12.5. The summed E-state index contributed by atoms with van der Waals surface area (Å²) in [4.78, 5) is 27.3. The monoisotopic (exact) mass is 356 g/mol. The first kappa shape index (κ1) is 16.1. The van der Waals surface area contributed by atoms with Gasteiger partial charge in [0, 0.05) is 30.9 Å². The van der Waals surface area contributed by atoms with Crippen molar-refractivity contribution in [1.29, 1.82) is 0 Å². The van der Waals surface area contributed by atoms with Gasteiger partial charge in [-0.05, 0) is 18.4 Å². The van der Waals surface area contributed by atoms with E-state index in [-0.39, 0.29) is 5.56 Å². The van der Waals surface area contributed by atoms with Crippen molar-refractivity contribution in [3.8, 4) is 16.3 Å². The Morgan fingerprint density at radius 1 is 1.40 bits per heavy atom. The number of ether oxygens (including phenoxy) is 1. The molecule has 3 aromatic rings. The number of pyridine rings is 1. The summed E-state index contributed by atoms with van der Waals surface area (Å²) in [6, 6.07) is 3.79.